The van der Waals surface area contributed by atoms with Crippen molar-refractivity contribution in [3.8, 4) is 0 Å². The molecule has 1 heterocycles. The lowest BCUT2D eigenvalue weighted by atomic mass is 10.1. The zero-order valence-electron chi connectivity index (χ0n) is 6.55. The summed E-state index contributed by atoms with van der Waals surface area (Å²) in [5.41, 5.74) is 0. The maximum Gasteiger partial charge on any atom is 0.288 e. The van der Waals surface area contributed by atoms with Crippen LogP contribution < -0.4 is 0 Å². The predicted octanol–water partition coefficient (Wildman–Crippen LogP) is 1.07. The molecule has 1 N–H and O–H groups in total. The Morgan fingerprint density at radius 1 is 1.27 bits per heavy atom. The van der Waals surface area contributed by atoms with Gasteiger partial charge in [-0.25, -0.2) is 0 Å². The quantitative estimate of drug-likeness (QED) is 0.454. The minimum Gasteiger partial charge on any atom is -0.503 e. The van der Waals surface area contributed by atoms with E-state index in [0.29, 0.717) is 0 Å². The molecule has 62 valence electrons. The number of aliphatic hydroxyl groups is 1. The standard InChI is InChI=1S/C8H13NO2/c1-7(10)8(11)9-5-3-2-4-6-9/h10H,1-6H2. The first-order valence-electron chi connectivity index (χ1n) is 3.89. The molecule has 1 aliphatic rings. The highest BCUT2D eigenvalue weighted by Crippen LogP contribution is 2.09. The lowest BCUT2D eigenvalue weighted by Crippen LogP contribution is -2.36. The molecule has 0 unspecified atom stereocenters. The van der Waals surface area contributed by atoms with Crippen LogP contribution in [0, 0.1) is 0 Å². The van der Waals surface area contributed by atoms with Gasteiger partial charge in [-0.3, -0.25) is 4.79 Å². The van der Waals surface area contributed by atoms with Crippen molar-refractivity contribution in [1.82, 2.24) is 4.90 Å². The van der Waals surface area contributed by atoms with E-state index < -0.39 is 0 Å². The van der Waals surface area contributed by atoms with Crippen LogP contribution >= 0.6 is 0 Å². The fourth-order valence-electron chi connectivity index (χ4n) is 1.28. The summed E-state index contributed by atoms with van der Waals surface area (Å²) in [6.07, 6.45) is 3.26. The molecule has 0 aromatic heterocycles. The minimum absolute atomic E-state index is 0.315. The van der Waals surface area contributed by atoms with E-state index in [2.05, 4.69) is 6.58 Å². The average Bonchev–Trinajstić information content (AvgIpc) is 2.05. The number of amides is 1. The van der Waals surface area contributed by atoms with Crippen LogP contribution in [0.4, 0.5) is 0 Å². The molecule has 1 saturated heterocycles. The Labute approximate surface area is 66.3 Å². The molecule has 0 bridgehead atoms. The first kappa shape index (κ1) is 8.11. The maximum atomic E-state index is 11.1. The Morgan fingerprint density at radius 2 is 1.82 bits per heavy atom. The van der Waals surface area contributed by atoms with Crippen molar-refractivity contribution in [2.75, 3.05) is 13.1 Å². The monoisotopic (exact) mass is 155 g/mol. The van der Waals surface area contributed by atoms with Crippen LogP contribution in [-0.4, -0.2) is 29.0 Å². The average molecular weight is 155 g/mol. The SMILES string of the molecule is C=C(O)C(=O)N1CCCCC1. The van der Waals surface area contributed by atoms with Gasteiger partial charge in [0, 0.05) is 13.1 Å². The largest absolute Gasteiger partial charge is 0.503 e. The Hall–Kier alpha value is -0.990. The summed E-state index contributed by atoms with van der Waals surface area (Å²) in [5, 5.41) is 8.79. The van der Waals surface area contributed by atoms with E-state index in [-0.39, 0.29) is 11.7 Å². The summed E-state index contributed by atoms with van der Waals surface area (Å²) < 4.78 is 0. The molecule has 3 nitrogen and oxygen atoms in total. The van der Waals surface area contributed by atoms with Crippen molar-refractivity contribution in [2.24, 2.45) is 0 Å². The van der Waals surface area contributed by atoms with Crippen molar-refractivity contribution in [2.45, 2.75) is 19.3 Å². The molecular formula is C8H13NO2. The number of rotatable bonds is 1. The van der Waals surface area contributed by atoms with E-state index in [0.717, 1.165) is 25.9 Å². The fourth-order valence-corrected chi connectivity index (χ4v) is 1.28. The number of piperidine rings is 1. The smallest absolute Gasteiger partial charge is 0.288 e. The molecule has 0 aromatic carbocycles. The third-order valence-corrected chi connectivity index (χ3v) is 1.89. The van der Waals surface area contributed by atoms with Gasteiger partial charge in [0.1, 0.15) is 0 Å². The summed E-state index contributed by atoms with van der Waals surface area (Å²) >= 11 is 0. The van der Waals surface area contributed by atoms with Gasteiger partial charge in [-0.05, 0) is 19.3 Å². The number of carbonyl (C=O) groups is 1. The summed E-state index contributed by atoms with van der Waals surface area (Å²) in [6, 6.07) is 0. The van der Waals surface area contributed by atoms with Gasteiger partial charge in [0.2, 0.25) is 0 Å². The zero-order chi connectivity index (χ0) is 8.27. The second-order valence-electron chi connectivity index (χ2n) is 2.80. The third-order valence-electron chi connectivity index (χ3n) is 1.89. The Kier molecular flexibility index (Phi) is 2.52. The van der Waals surface area contributed by atoms with Gasteiger partial charge >= 0.3 is 0 Å². The highest BCUT2D eigenvalue weighted by atomic mass is 16.3. The van der Waals surface area contributed by atoms with Crippen LogP contribution in [-0.2, 0) is 4.79 Å². The Morgan fingerprint density at radius 3 is 2.27 bits per heavy atom. The van der Waals surface area contributed by atoms with Crippen LogP contribution in [0.25, 0.3) is 0 Å². The molecule has 0 saturated carbocycles. The Bertz CT molecular complexity index is 171. The van der Waals surface area contributed by atoms with E-state index in [1.807, 2.05) is 0 Å². The number of hydrogen-bond donors (Lipinski definition) is 1. The van der Waals surface area contributed by atoms with E-state index in [4.69, 9.17) is 5.11 Å². The van der Waals surface area contributed by atoms with Crippen molar-refractivity contribution in [3.63, 3.8) is 0 Å². The molecule has 0 spiro atoms. The van der Waals surface area contributed by atoms with E-state index >= 15 is 0 Å². The Balaban J connectivity index is 2.45. The van der Waals surface area contributed by atoms with Crippen LogP contribution in [0.2, 0.25) is 0 Å². The third kappa shape index (κ3) is 1.97. The summed E-state index contributed by atoms with van der Waals surface area (Å²) in [6.45, 7) is 4.72. The molecule has 0 radical (unpaired) electrons. The summed E-state index contributed by atoms with van der Waals surface area (Å²) in [4.78, 5) is 12.7. The van der Waals surface area contributed by atoms with Crippen LogP contribution in [0.3, 0.4) is 0 Å². The van der Waals surface area contributed by atoms with Gasteiger partial charge in [-0.1, -0.05) is 6.58 Å². The lowest BCUT2D eigenvalue weighted by Gasteiger charge is -2.25. The second kappa shape index (κ2) is 3.42. The maximum absolute atomic E-state index is 11.1. The van der Waals surface area contributed by atoms with Gasteiger partial charge in [0.25, 0.3) is 5.91 Å². The van der Waals surface area contributed by atoms with Crippen LogP contribution in [0.1, 0.15) is 19.3 Å². The molecule has 1 aliphatic heterocycles. The fraction of sp³-hybridized carbons (Fsp3) is 0.625. The molecule has 3 heteroatoms. The van der Waals surface area contributed by atoms with E-state index in [1.54, 1.807) is 4.90 Å². The first-order chi connectivity index (χ1) is 5.22. The number of aliphatic hydroxyl groups excluding tert-OH is 1. The molecule has 0 aliphatic carbocycles. The molecule has 1 rings (SSSR count). The topological polar surface area (TPSA) is 40.5 Å². The summed E-state index contributed by atoms with van der Waals surface area (Å²) in [5.74, 6) is -0.656. The molecule has 1 fully saturated rings. The summed E-state index contributed by atoms with van der Waals surface area (Å²) in [7, 11) is 0. The second-order valence-corrected chi connectivity index (χ2v) is 2.80. The number of nitrogens with zero attached hydrogens (tertiary/aromatic N) is 1. The molecule has 1 amide bonds. The van der Waals surface area contributed by atoms with Gasteiger partial charge in [-0.2, -0.15) is 0 Å². The van der Waals surface area contributed by atoms with Crippen molar-refractivity contribution >= 4 is 5.91 Å². The van der Waals surface area contributed by atoms with Crippen LogP contribution in [0.5, 0.6) is 0 Å². The first-order valence-corrected chi connectivity index (χ1v) is 3.89. The van der Waals surface area contributed by atoms with Gasteiger partial charge in [-0.15, -0.1) is 0 Å². The minimum atomic E-state index is -0.341. The number of carbonyl (C=O) groups excluding carboxylic acids is 1. The normalized spacial score (nSPS) is 18.0. The van der Waals surface area contributed by atoms with Crippen LogP contribution in [0.15, 0.2) is 12.3 Å². The molecule has 11 heavy (non-hydrogen) atoms. The highest BCUT2D eigenvalue weighted by Gasteiger charge is 2.17. The predicted molar refractivity (Wildman–Crippen MR) is 42.2 cm³/mol. The van der Waals surface area contributed by atoms with E-state index in [1.165, 1.54) is 6.42 Å². The van der Waals surface area contributed by atoms with E-state index in [9.17, 15) is 4.79 Å². The molecule has 0 atom stereocenters. The lowest BCUT2D eigenvalue weighted by molar-refractivity contribution is -0.130. The van der Waals surface area contributed by atoms with Gasteiger partial charge < -0.3 is 10.0 Å². The van der Waals surface area contributed by atoms with Crippen molar-refractivity contribution in [1.29, 1.82) is 0 Å². The number of hydrogen-bond acceptors (Lipinski definition) is 2. The molecular weight excluding hydrogens is 142 g/mol. The zero-order valence-corrected chi connectivity index (χ0v) is 6.55. The highest BCUT2D eigenvalue weighted by molar-refractivity contribution is 5.90. The molecule has 0 aromatic rings. The van der Waals surface area contributed by atoms with Gasteiger partial charge in [0.15, 0.2) is 5.76 Å². The van der Waals surface area contributed by atoms with Crippen molar-refractivity contribution in [3.05, 3.63) is 12.3 Å². The number of likely N-dealkylation sites (tertiary alicyclic amines) is 1. The van der Waals surface area contributed by atoms with Gasteiger partial charge in [0.05, 0.1) is 0 Å². The van der Waals surface area contributed by atoms with Crippen molar-refractivity contribution < 1.29 is 9.90 Å².